The van der Waals surface area contributed by atoms with Crippen LogP contribution in [0.25, 0.3) is 6.08 Å². The van der Waals surface area contributed by atoms with Gasteiger partial charge in [-0.3, -0.25) is 9.59 Å². The smallest absolute Gasteiger partial charge is 0.290 e. The van der Waals surface area contributed by atoms with Gasteiger partial charge in [0.2, 0.25) is 0 Å². The van der Waals surface area contributed by atoms with Crippen molar-refractivity contribution in [2.45, 2.75) is 26.3 Å². The zero-order valence-corrected chi connectivity index (χ0v) is 18.5. The van der Waals surface area contributed by atoms with E-state index in [0.29, 0.717) is 18.5 Å². The molecule has 1 unspecified atom stereocenters. The zero-order chi connectivity index (χ0) is 23.1. The van der Waals surface area contributed by atoms with Crippen LogP contribution in [0.3, 0.4) is 0 Å². The van der Waals surface area contributed by atoms with E-state index in [4.69, 9.17) is 0 Å². The van der Waals surface area contributed by atoms with Crippen molar-refractivity contribution in [1.29, 1.82) is 0 Å². The van der Waals surface area contributed by atoms with Crippen molar-refractivity contribution in [2.24, 2.45) is 0 Å². The molecule has 6 heteroatoms. The number of rotatable bonds is 10. The largest absolute Gasteiger partial charge is 0.503 e. The van der Waals surface area contributed by atoms with E-state index in [-0.39, 0.29) is 5.57 Å². The second-order valence-corrected chi connectivity index (χ2v) is 7.70. The van der Waals surface area contributed by atoms with Gasteiger partial charge in [-0.15, -0.1) is 0 Å². The number of ketones is 1. The normalized spacial score (nSPS) is 16.6. The summed E-state index contributed by atoms with van der Waals surface area (Å²) in [5.74, 6) is -1.96. The van der Waals surface area contributed by atoms with Crippen LogP contribution in [0.5, 0.6) is 0 Å². The Morgan fingerprint density at radius 1 is 1.09 bits per heavy atom. The summed E-state index contributed by atoms with van der Waals surface area (Å²) in [6.07, 6.45) is 3.71. The van der Waals surface area contributed by atoms with Gasteiger partial charge in [-0.25, -0.2) is 4.39 Å². The van der Waals surface area contributed by atoms with E-state index in [1.165, 1.54) is 23.1 Å². The fourth-order valence-electron chi connectivity index (χ4n) is 3.96. The lowest BCUT2D eigenvalue weighted by Crippen LogP contribution is -2.34. The fraction of sp³-hybridized carbons (Fsp3) is 0.308. The van der Waals surface area contributed by atoms with E-state index >= 15 is 0 Å². The lowest BCUT2D eigenvalue weighted by Gasteiger charge is -2.28. The van der Waals surface area contributed by atoms with Crippen LogP contribution < -0.4 is 0 Å². The number of carbonyl (C=O) groups excluding carboxylic acids is 2. The van der Waals surface area contributed by atoms with Crippen LogP contribution in [-0.4, -0.2) is 52.8 Å². The zero-order valence-electron chi connectivity index (χ0n) is 18.5. The highest BCUT2D eigenvalue weighted by Gasteiger charge is 2.42. The quantitative estimate of drug-likeness (QED) is 0.556. The summed E-state index contributed by atoms with van der Waals surface area (Å²) in [6.45, 7) is 7.14. The van der Waals surface area contributed by atoms with Gasteiger partial charge < -0.3 is 14.9 Å². The number of hydrogen-bond acceptors (Lipinski definition) is 4. The Morgan fingerprint density at radius 2 is 1.75 bits per heavy atom. The summed E-state index contributed by atoms with van der Waals surface area (Å²) in [6, 6.07) is 14.3. The summed E-state index contributed by atoms with van der Waals surface area (Å²) in [5, 5.41) is 10.6. The molecule has 1 heterocycles. The minimum Gasteiger partial charge on any atom is -0.503 e. The van der Waals surface area contributed by atoms with E-state index in [2.05, 4.69) is 18.7 Å². The van der Waals surface area contributed by atoms with Crippen LogP contribution in [0.4, 0.5) is 4.39 Å². The highest BCUT2D eigenvalue weighted by Crippen LogP contribution is 2.38. The average molecular weight is 437 g/mol. The first-order chi connectivity index (χ1) is 15.5. The summed E-state index contributed by atoms with van der Waals surface area (Å²) >= 11 is 0. The van der Waals surface area contributed by atoms with Crippen LogP contribution in [0.1, 0.15) is 37.4 Å². The average Bonchev–Trinajstić information content (AvgIpc) is 3.06. The van der Waals surface area contributed by atoms with Crippen molar-refractivity contribution in [3.63, 3.8) is 0 Å². The molecule has 0 bridgehead atoms. The molecule has 2 aromatic rings. The van der Waals surface area contributed by atoms with Gasteiger partial charge in [0.15, 0.2) is 11.5 Å². The number of carbonyl (C=O) groups is 2. The molecule has 0 aliphatic carbocycles. The van der Waals surface area contributed by atoms with Crippen LogP contribution in [0, 0.1) is 5.82 Å². The molecule has 32 heavy (non-hydrogen) atoms. The highest BCUT2D eigenvalue weighted by molar-refractivity contribution is 6.14. The Labute approximate surface area is 188 Å². The van der Waals surface area contributed by atoms with Crippen molar-refractivity contribution >= 4 is 17.8 Å². The van der Waals surface area contributed by atoms with Crippen molar-refractivity contribution < 1.29 is 19.1 Å². The molecule has 0 saturated heterocycles. The van der Waals surface area contributed by atoms with Gasteiger partial charge in [0.25, 0.3) is 5.91 Å². The van der Waals surface area contributed by atoms with E-state index in [9.17, 15) is 19.1 Å². The minimum atomic E-state index is -0.757. The maximum atomic E-state index is 13.5. The van der Waals surface area contributed by atoms with Crippen LogP contribution >= 0.6 is 0 Å². The van der Waals surface area contributed by atoms with Crippen LogP contribution in [0.15, 0.2) is 72.0 Å². The number of hydrogen-bond donors (Lipinski definition) is 1. The summed E-state index contributed by atoms with van der Waals surface area (Å²) in [7, 11) is 0. The van der Waals surface area contributed by atoms with Crippen molar-refractivity contribution in [1.82, 2.24) is 9.80 Å². The second-order valence-electron chi connectivity index (χ2n) is 7.70. The molecule has 0 radical (unpaired) electrons. The van der Waals surface area contributed by atoms with Crippen molar-refractivity contribution in [2.75, 3.05) is 26.2 Å². The second kappa shape index (κ2) is 10.9. The number of nitrogens with zero attached hydrogens (tertiary/aromatic N) is 2. The predicted molar refractivity (Wildman–Crippen MR) is 123 cm³/mol. The molecule has 1 atom stereocenters. The van der Waals surface area contributed by atoms with Gasteiger partial charge in [0.05, 0.1) is 11.6 Å². The molecule has 5 nitrogen and oxygen atoms in total. The first-order valence-corrected chi connectivity index (χ1v) is 11.0. The molecule has 3 rings (SSSR count). The minimum absolute atomic E-state index is 0.0247. The summed E-state index contributed by atoms with van der Waals surface area (Å²) in [5.41, 5.74) is 1.44. The van der Waals surface area contributed by atoms with Crippen LogP contribution in [0.2, 0.25) is 0 Å². The number of amides is 1. The van der Waals surface area contributed by atoms with E-state index in [1.54, 1.807) is 18.2 Å². The molecule has 1 amide bonds. The molecule has 168 valence electrons. The standard InChI is InChI=1S/C26H29FN2O3/c1-3-28(4-2)17-8-18-29-24(20-12-14-21(27)15-13-20)23(25(31)26(29)32)22(30)16-11-19-9-6-5-7-10-19/h5-7,9-16,24,31H,3-4,8,17-18H2,1-2H3. The molecule has 0 spiro atoms. The number of aliphatic hydroxyl groups is 1. The van der Waals surface area contributed by atoms with Gasteiger partial charge in [-0.1, -0.05) is 62.4 Å². The lowest BCUT2D eigenvalue weighted by molar-refractivity contribution is -0.129. The van der Waals surface area contributed by atoms with E-state index < -0.39 is 29.3 Å². The van der Waals surface area contributed by atoms with E-state index in [1.807, 2.05) is 30.3 Å². The fourth-order valence-corrected chi connectivity index (χ4v) is 3.96. The van der Waals surface area contributed by atoms with Gasteiger partial charge in [0.1, 0.15) is 5.82 Å². The number of halogens is 1. The first-order valence-electron chi connectivity index (χ1n) is 11.0. The van der Waals surface area contributed by atoms with Crippen molar-refractivity contribution in [3.05, 3.63) is 88.9 Å². The molecule has 1 N–H and O–H groups in total. The van der Waals surface area contributed by atoms with Crippen molar-refractivity contribution in [3.8, 4) is 0 Å². The molecule has 0 aromatic heterocycles. The molecular formula is C26H29FN2O3. The van der Waals surface area contributed by atoms with Gasteiger partial charge >= 0.3 is 0 Å². The third-order valence-corrected chi connectivity index (χ3v) is 5.75. The predicted octanol–water partition coefficient (Wildman–Crippen LogP) is 4.54. The summed E-state index contributed by atoms with van der Waals surface area (Å²) in [4.78, 5) is 29.7. The Kier molecular flexibility index (Phi) is 7.95. The Hall–Kier alpha value is -3.25. The first kappa shape index (κ1) is 23.4. The van der Waals surface area contributed by atoms with E-state index in [0.717, 1.165) is 25.2 Å². The SMILES string of the molecule is CCN(CC)CCCN1C(=O)C(O)=C(C(=O)C=Cc2ccccc2)C1c1ccc(F)cc1. The summed E-state index contributed by atoms with van der Waals surface area (Å²) < 4.78 is 13.5. The molecule has 0 saturated carbocycles. The molecule has 1 aliphatic rings. The maximum absolute atomic E-state index is 13.5. The monoisotopic (exact) mass is 436 g/mol. The number of benzene rings is 2. The molecular weight excluding hydrogens is 407 g/mol. The van der Waals surface area contributed by atoms with Crippen LogP contribution in [-0.2, 0) is 9.59 Å². The van der Waals surface area contributed by atoms with Gasteiger partial charge in [-0.2, -0.15) is 0 Å². The third-order valence-electron chi connectivity index (χ3n) is 5.75. The number of aliphatic hydroxyl groups excluding tert-OH is 1. The molecule has 2 aromatic carbocycles. The number of allylic oxidation sites excluding steroid dienone is 1. The highest BCUT2D eigenvalue weighted by atomic mass is 19.1. The van der Waals surface area contributed by atoms with Gasteiger partial charge in [-0.05, 0) is 55.4 Å². The Bertz CT molecular complexity index is 995. The third kappa shape index (κ3) is 5.32. The van der Waals surface area contributed by atoms with Gasteiger partial charge in [0, 0.05) is 6.54 Å². The molecule has 1 aliphatic heterocycles. The lowest BCUT2D eigenvalue weighted by atomic mass is 9.95. The topological polar surface area (TPSA) is 60.9 Å². The Balaban J connectivity index is 1.89. The molecule has 0 fully saturated rings. The maximum Gasteiger partial charge on any atom is 0.290 e. The Morgan fingerprint density at radius 3 is 2.38 bits per heavy atom.